The average Bonchev–Trinajstić information content (AvgIpc) is 1.52. The number of hydrogen-bond donors (Lipinski definition) is 0. The normalized spacial score (nSPS) is 17.6. The molecule has 0 radical (unpaired) electrons. The topological polar surface area (TPSA) is 6.48 Å². The molecule has 0 heterocycles. The molecule has 0 saturated heterocycles. The van der Waals surface area contributed by atoms with Crippen LogP contribution in [0.2, 0.25) is 0 Å². The van der Waals surface area contributed by atoms with Gasteiger partial charge < -0.3 is 9.80 Å². The highest BCUT2D eigenvalue weighted by Gasteiger charge is 2.54. The van der Waals surface area contributed by atoms with Gasteiger partial charge >= 0.3 is 0 Å². The summed E-state index contributed by atoms with van der Waals surface area (Å²) in [6, 6.07) is 100. The fourth-order valence-electron chi connectivity index (χ4n) is 18.1. The smallest absolute Gasteiger partial charge is 0.123 e. The molecule has 13 aromatic carbocycles. The lowest BCUT2D eigenvalue weighted by Crippen LogP contribution is -2.31. The fourth-order valence-corrected chi connectivity index (χ4v) is 18.1. The van der Waals surface area contributed by atoms with Crippen molar-refractivity contribution in [1.82, 2.24) is 0 Å². The predicted molar refractivity (Wildman–Crippen MR) is 406 cm³/mol. The van der Waals surface area contributed by atoms with Crippen LogP contribution in [0, 0.1) is 39.3 Å². The zero-order valence-electron chi connectivity index (χ0n) is 55.8. The summed E-state index contributed by atoms with van der Waals surface area (Å²) < 4.78 is 31.0. The summed E-state index contributed by atoms with van der Waals surface area (Å²) in [4.78, 5) is 4.66. The summed E-state index contributed by atoms with van der Waals surface area (Å²) >= 11 is 0. The van der Waals surface area contributed by atoms with Gasteiger partial charge in [0, 0.05) is 34.1 Å². The van der Waals surface area contributed by atoms with Gasteiger partial charge in [-0.15, -0.1) is 0 Å². The minimum atomic E-state index is -0.815. The summed E-state index contributed by atoms with van der Waals surface area (Å²) in [5, 5.41) is 0. The molecule has 0 bridgehead atoms. The van der Waals surface area contributed by atoms with Gasteiger partial charge in [-0.3, -0.25) is 0 Å². The number of benzene rings is 13. The quantitative estimate of drug-likeness (QED) is 0.120. The Bertz CT molecular complexity index is 5620. The van der Waals surface area contributed by atoms with Crippen LogP contribution in [-0.4, -0.2) is 0 Å². The first-order valence-electron chi connectivity index (χ1n) is 34.4. The van der Waals surface area contributed by atoms with Crippen LogP contribution in [0.3, 0.4) is 0 Å². The van der Waals surface area contributed by atoms with Crippen molar-refractivity contribution < 1.29 is 8.78 Å². The maximum absolute atomic E-state index is 15.5. The van der Waals surface area contributed by atoms with E-state index in [1.807, 2.05) is 36.4 Å². The van der Waals surface area contributed by atoms with E-state index < -0.39 is 16.2 Å². The first kappa shape index (κ1) is 59.7. The molecule has 2 nitrogen and oxygen atoms in total. The summed E-state index contributed by atoms with van der Waals surface area (Å²) in [6.45, 7) is 17.2. The second-order valence-corrected chi connectivity index (χ2v) is 27.6. The van der Waals surface area contributed by atoms with Crippen LogP contribution in [0.5, 0.6) is 0 Å². The largest absolute Gasteiger partial charge is 0.310 e. The Kier molecular flexibility index (Phi) is 13.7. The highest BCUT2D eigenvalue weighted by molar-refractivity contribution is 5.99. The average molecular weight is 1280 g/mol. The first-order valence-corrected chi connectivity index (χ1v) is 34.4. The van der Waals surface area contributed by atoms with Crippen LogP contribution in [0.4, 0.5) is 42.9 Å². The van der Waals surface area contributed by atoms with E-state index in [2.05, 4.69) is 293 Å². The molecule has 0 aliphatic heterocycles. The van der Waals surface area contributed by atoms with Crippen molar-refractivity contribution in [1.29, 1.82) is 0 Å². The second kappa shape index (κ2) is 22.7. The number of rotatable bonds is 12. The van der Waals surface area contributed by atoms with Crippen molar-refractivity contribution in [2.24, 2.45) is 0 Å². The van der Waals surface area contributed by atoms with Gasteiger partial charge in [0.05, 0.1) is 16.2 Å². The monoisotopic (exact) mass is 1280 g/mol. The molecule has 99 heavy (non-hydrogen) atoms. The molecular weight excluding hydrogens is 1210 g/mol. The van der Waals surface area contributed by atoms with Gasteiger partial charge in [-0.1, -0.05) is 236 Å². The molecule has 0 aromatic heterocycles. The maximum atomic E-state index is 15.5. The number of allylic oxidation sites excluding steroid dienone is 5. The molecule has 0 N–H and O–H groups in total. The molecule has 0 saturated carbocycles. The van der Waals surface area contributed by atoms with Crippen molar-refractivity contribution in [3.63, 3.8) is 0 Å². The number of hydrogen-bond acceptors (Lipinski definition) is 2. The van der Waals surface area contributed by atoms with Crippen LogP contribution in [-0.2, 0) is 16.2 Å². The Morgan fingerprint density at radius 1 is 0.303 bits per heavy atom. The molecule has 18 rings (SSSR count). The summed E-state index contributed by atoms with van der Waals surface area (Å²) in [5.41, 5.74) is 34.4. The Labute approximate surface area is 578 Å². The van der Waals surface area contributed by atoms with Crippen molar-refractivity contribution in [3.05, 3.63) is 422 Å². The zero-order valence-corrected chi connectivity index (χ0v) is 55.8. The molecule has 5 aliphatic carbocycles. The molecule has 5 aliphatic rings. The summed E-state index contributed by atoms with van der Waals surface area (Å²) in [7, 11) is 0. The zero-order chi connectivity index (χ0) is 67.1. The molecule has 13 aromatic rings. The van der Waals surface area contributed by atoms with Gasteiger partial charge in [-0.2, -0.15) is 0 Å². The molecule has 0 fully saturated rings. The standard InChI is InChI=1S/C95H70F2N2/c1-7-63-29-33-65(34-30-63)93(87-53-59(3)25-27-61(87)5)83-21-13-9-17-75(83)79-49-45-71(55-89(79)93)98(69-41-37-67(96)38-42-69)73-47-51-81-77-19-11-15-23-85(77)95(91(81)57-73)86-24-16-12-20-78(86)82-52-48-74(58-92(82)95)99(70-43-39-68(97)40-44-70)72-46-50-80-76-18-10-14-22-84(76)94(90(80)56-72,66-35-31-64(8-2)32-36-66)88-54-60(4)26-28-62(88)6/h7-31,33-35,37-58H,1-2,32,36H2,3-6H3. The molecule has 3 unspecified atom stereocenters. The second-order valence-electron chi connectivity index (χ2n) is 27.6. The van der Waals surface area contributed by atoms with E-state index in [4.69, 9.17) is 0 Å². The van der Waals surface area contributed by atoms with Gasteiger partial charge in [-0.25, -0.2) is 8.78 Å². The Morgan fingerprint density at radius 3 is 1.05 bits per heavy atom. The lowest BCUT2D eigenvalue weighted by molar-refractivity contribution is 0.627. The van der Waals surface area contributed by atoms with E-state index in [9.17, 15) is 0 Å². The van der Waals surface area contributed by atoms with E-state index >= 15 is 8.78 Å². The maximum Gasteiger partial charge on any atom is 0.123 e. The third-order valence-corrected chi connectivity index (χ3v) is 22.4. The van der Waals surface area contributed by atoms with Crippen molar-refractivity contribution in [2.45, 2.75) is 56.8 Å². The Hall–Kier alpha value is -11.7. The van der Waals surface area contributed by atoms with Crippen molar-refractivity contribution in [2.75, 3.05) is 9.80 Å². The van der Waals surface area contributed by atoms with Gasteiger partial charge in [0.1, 0.15) is 11.6 Å². The van der Waals surface area contributed by atoms with Gasteiger partial charge in [0.2, 0.25) is 0 Å². The van der Waals surface area contributed by atoms with Crippen LogP contribution >= 0.6 is 0 Å². The predicted octanol–water partition coefficient (Wildman–Crippen LogP) is 24.6. The number of nitrogens with zero attached hydrogens (tertiary/aromatic N) is 2. The van der Waals surface area contributed by atoms with Crippen LogP contribution in [0.25, 0.3) is 50.6 Å². The summed E-state index contributed by atoms with van der Waals surface area (Å²) in [5.74, 6) is -0.606. The van der Waals surface area contributed by atoms with Crippen LogP contribution in [0.1, 0.15) is 102 Å². The lowest BCUT2D eigenvalue weighted by Gasteiger charge is -2.39. The fraction of sp³-hybridized carbons (Fsp3) is 0.0947. The third-order valence-electron chi connectivity index (χ3n) is 22.4. The molecular formula is C95H70F2N2. The van der Waals surface area contributed by atoms with E-state index in [-0.39, 0.29) is 11.6 Å². The molecule has 1 spiro atoms. The molecule has 3 atom stereocenters. The number of fused-ring (bicyclic) bond motifs is 16. The Balaban J connectivity index is 0.860. The van der Waals surface area contributed by atoms with Crippen molar-refractivity contribution in [3.8, 4) is 44.5 Å². The van der Waals surface area contributed by atoms with Crippen LogP contribution in [0.15, 0.2) is 322 Å². The lowest BCUT2D eigenvalue weighted by atomic mass is 9.63. The van der Waals surface area contributed by atoms with E-state index in [1.54, 1.807) is 24.3 Å². The van der Waals surface area contributed by atoms with Crippen LogP contribution < -0.4 is 9.80 Å². The number of aryl methyl sites for hydroxylation is 4. The van der Waals surface area contributed by atoms with E-state index in [0.29, 0.717) is 0 Å². The van der Waals surface area contributed by atoms with Crippen molar-refractivity contribution >= 4 is 40.2 Å². The van der Waals surface area contributed by atoms with Gasteiger partial charge in [-0.05, 0) is 266 Å². The van der Waals surface area contributed by atoms with E-state index in [1.165, 1.54) is 111 Å². The third kappa shape index (κ3) is 8.64. The number of anilines is 6. The highest BCUT2D eigenvalue weighted by atomic mass is 19.1. The Morgan fingerprint density at radius 2 is 0.657 bits per heavy atom. The number of halogens is 2. The molecule has 474 valence electrons. The summed E-state index contributed by atoms with van der Waals surface area (Å²) in [6.07, 6.45) is 10.3. The van der Waals surface area contributed by atoms with E-state index in [0.717, 1.165) is 80.3 Å². The van der Waals surface area contributed by atoms with Gasteiger partial charge in [0.15, 0.2) is 0 Å². The first-order chi connectivity index (χ1) is 48.4. The minimum Gasteiger partial charge on any atom is -0.310 e. The molecule has 0 amide bonds. The minimum absolute atomic E-state index is 0.300. The molecule has 4 heteroatoms. The highest BCUT2D eigenvalue weighted by Crippen LogP contribution is 2.66. The SMILES string of the molecule is C=CC1=CC=C(C2(c3cc(C)ccc3C)c3ccccc3-c3ccc(N(c4ccc(F)cc4)c4ccc5c(c4)C4(c6ccccc6-5)c5ccccc5-c5ccc(N(c6ccc(F)cc6)c6ccc7c(c6)C(c6ccc(C=C)cc6)(c6cc(C)ccc6C)c6ccccc6-7)cc54)cc32)CC1. The van der Waals surface area contributed by atoms with Gasteiger partial charge in [0.25, 0.3) is 0 Å².